The van der Waals surface area contributed by atoms with Gasteiger partial charge in [0.2, 0.25) is 0 Å². The van der Waals surface area contributed by atoms with E-state index in [1.165, 1.54) is 13.0 Å². The van der Waals surface area contributed by atoms with E-state index in [2.05, 4.69) is 5.18 Å². The third kappa shape index (κ3) is 3.24. The first-order valence-corrected chi connectivity index (χ1v) is 6.39. The van der Waals surface area contributed by atoms with E-state index in [0.717, 1.165) is 12.1 Å². The molecule has 0 aliphatic carbocycles. The third-order valence-electron chi connectivity index (χ3n) is 2.99. The molecule has 0 amide bonds. The average Bonchev–Trinajstić information content (AvgIpc) is 2.46. The number of rotatable bonds is 6. The number of hydrogen-bond acceptors (Lipinski definition) is 6. The number of hydrogen-bond donors (Lipinski definition) is 0. The molecule has 1 aromatic rings. The molecule has 0 aromatic heterocycles. The van der Waals surface area contributed by atoms with Crippen molar-refractivity contribution in [1.29, 1.82) is 0 Å². The molecule has 0 aliphatic rings. The van der Waals surface area contributed by atoms with Crippen LogP contribution in [0.25, 0.3) is 0 Å². The third-order valence-corrected chi connectivity index (χ3v) is 2.99. The summed E-state index contributed by atoms with van der Waals surface area (Å²) in [5.41, 5.74) is -2.19. The van der Waals surface area contributed by atoms with Gasteiger partial charge in [0, 0.05) is 0 Å². The number of ether oxygens (including phenoxy) is 2. The van der Waals surface area contributed by atoms with Crippen molar-refractivity contribution in [3.8, 4) is 0 Å². The fourth-order valence-corrected chi connectivity index (χ4v) is 1.76. The van der Waals surface area contributed by atoms with Crippen LogP contribution in [-0.2, 0) is 24.5 Å². The predicted molar refractivity (Wildman–Crippen MR) is 72.5 cm³/mol. The molecule has 0 unspecified atom stereocenters. The summed E-state index contributed by atoms with van der Waals surface area (Å²) in [5.74, 6) is -2.63. The molecule has 0 saturated heterocycles. The van der Waals surface area contributed by atoms with Crippen LogP contribution >= 0.6 is 0 Å². The zero-order chi connectivity index (χ0) is 16.0. The molecular formula is C14H16FNO5. The van der Waals surface area contributed by atoms with Gasteiger partial charge >= 0.3 is 11.9 Å². The lowest BCUT2D eigenvalue weighted by molar-refractivity contribution is -0.163. The minimum absolute atomic E-state index is 0.0318. The van der Waals surface area contributed by atoms with Crippen LogP contribution in [0.1, 0.15) is 26.3 Å². The molecule has 0 heterocycles. The van der Waals surface area contributed by atoms with Gasteiger partial charge in [0.1, 0.15) is 5.69 Å². The second kappa shape index (κ2) is 6.92. The summed E-state index contributed by atoms with van der Waals surface area (Å²) in [6.45, 7) is 4.58. The molecule has 1 rings (SSSR count). The molecule has 1 aromatic carbocycles. The highest BCUT2D eigenvalue weighted by atomic mass is 19.1. The molecule has 0 spiro atoms. The van der Waals surface area contributed by atoms with Crippen LogP contribution in [0.2, 0.25) is 0 Å². The number of nitrogens with zero attached hydrogens (tertiary/aromatic N) is 1. The van der Waals surface area contributed by atoms with Gasteiger partial charge in [-0.05, 0) is 43.6 Å². The van der Waals surface area contributed by atoms with E-state index in [9.17, 15) is 18.9 Å². The van der Waals surface area contributed by atoms with Gasteiger partial charge in [0.15, 0.2) is 11.2 Å². The SMILES string of the molecule is CCOC(=O)C(C)(C(=O)OCC)c1ccc(N=O)c(F)c1. The van der Waals surface area contributed by atoms with Crippen LogP contribution in [0.4, 0.5) is 10.1 Å². The highest BCUT2D eigenvalue weighted by Gasteiger charge is 2.46. The molecule has 0 fully saturated rings. The van der Waals surface area contributed by atoms with Gasteiger partial charge in [-0.2, -0.15) is 0 Å². The largest absolute Gasteiger partial charge is 0.465 e. The normalized spacial score (nSPS) is 10.9. The summed E-state index contributed by atoms with van der Waals surface area (Å²) in [6.07, 6.45) is 0. The molecule has 0 N–H and O–H groups in total. The van der Waals surface area contributed by atoms with E-state index in [1.54, 1.807) is 13.8 Å². The summed E-state index contributed by atoms with van der Waals surface area (Å²) in [4.78, 5) is 34.6. The summed E-state index contributed by atoms with van der Waals surface area (Å²) in [5, 5.41) is 2.50. The zero-order valence-electron chi connectivity index (χ0n) is 12.0. The van der Waals surface area contributed by atoms with E-state index in [-0.39, 0.29) is 18.8 Å². The maximum Gasteiger partial charge on any atom is 0.327 e. The number of benzene rings is 1. The number of carbonyl (C=O) groups excluding carboxylic acids is 2. The van der Waals surface area contributed by atoms with E-state index in [0.29, 0.717) is 0 Å². The monoisotopic (exact) mass is 297 g/mol. The molecule has 0 radical (unpaired) electrons. The summed E-state index contributed by atoms with van der Waals surface area (Å²) < 4.78 is 23.4. The van der Waals surface area contributed by atoms with Crippen molar-refractivity contribution in [2.24, 2.45) is 5.18 Å². The summed E-state index contributed by atoms with van der Waals surface area (Å²) in [6, 6.07) is 3.27. The highest BCUT2D eigenvalue weighted by molar-refractivity contribution is 6.05. The number of carbonyl (C=O) groups is 2. The molecule has 7 heteroatoms. The second-order valence-corrected chi connectivity index (χ2v) is 4.32. The van der Waals surface area contributed by atoms with Crippen LogP contribution in [0, 0.1) is 10.7 Å². The van der Waals surface area contributed by atoms with Gasteiger partial charge in [0.25, 0.3) is 0 Å². The van der Waals surface area contributed by atoms with Gasteiger partial charge in [-0.1, -0.05) is 6.07 Å². The Balaban J connectivity index is 3.36. The lowest BCUT2D eigenvalue weighted by Crippen LogP contribution is -2.43. The van der Waals surface area contributed by atoms with E-state index < -0.39 is 28.9 Å². The topological polar surface area (TPSA) is 82.0 Å². The fourth-order valence-electron chi connectivity index (χ4n) is 1.76. The number of halogens is 1. The standard InChI is InChI=1S/C14H16FNO5/c1-4-20-12(17)14(3,13(18)21-5-2)9-6-7-11(16-19)10(15)8-9/h6-8H,4-5H2,1-3H3. The quantitative estimate of drug-likeness (QED) is 0.458. The van der Waals surface area contributed by atoms with Crippen molar-refractivity contribution in [1.82, 2.24) is 0 Å². The maximum atomic E-state index is 13.7. The maximum absolute atomic E-state index is 13.7. The Morgan fingerprint density at radius 1 is 1.19 bits per heavy atom. The van der Waals surface area contributed by atoms with Gasteiger partial charge < -0.3 is 9.47 Å². The molecule has 0 atom stereocenters. The van der Waals surface area contributed by atoms with Crippen molar-refractivity contribution < 1.29 is 23.5 Å². The number of nitroso groups, excluding NO2 is 1. The number of esters is 2. The molecule has 0 saturated carbocycles. The fraction of sp³-hybridized carbons (Fsp3) is 0.429. The first kappa shape index (κ1) is 16.7. The Hall–Kier alpha value is -2.31. The smallest absolute Gasteiger partial charge is 0.327 e. The van der Waals surface area contributed by atoms with Crippen LogP contribution in [0.15, 0.2) is 23.4 Å². The molecule has 0 aliphatic heterocycles. The van der Waals surface area contributed by atoms with Crippen LogP contribution in [-0.4, -0.2) is 25.2 Å². The van der Waals surface area contributed by atoms with Gasteiger partial charge in [-0.3, -0.25) is 9.59 Å². The minimum atomic E-state index is -1.81. The molecule has 114 valence electrons. The molecule has 0 bridgehead atoms. The minimum Gasteiger partial charge on any atom is -0.465 e. The van der Waals surface area contributed by atoms with Crippen molar-refractivity contribution in [2.45, 2.75) is 26.2 Å². The highest BCUT2D eigenvalue weighted by Crippen LogP contribution is 2.30. The molecular weight excluding hydrogens is 281 g/mol. The summed E-state index contributed by atoms with van der Waals surface area (Å²) >= 11 is 0. The van der Waals surface area contributed by atoms with Gasteiger partial charge in [0.05, 0.1) is 13.2 Å². The Morgan fingerprint density at radius 2 is 1.71 bits per heavy atom. The van der Waals surface area contributed by atoms with Crippen molar-refractivity contribution in [3.05, 3.63) is 34.5 Å². The lowest BCUT2D eigenvalue weighted by atomic mass is 9.82. The van der Waals surface area contributed by atoms with Crippen LogP contribution in [0.5, 0.6) is 0 Å². The lowest BCUT2D eigenvalue weighted by Gasteiger charge is -2.25. The molecule has 21 heavy (non-hydrogen) atoms. The van der Waals surface area contributed by atoms with E-state index in [1.807, 2.05) is 0 Å². The zero-order valence-corrected chi connectivity index (χ0v) is 12.0. The van der Waals surface area contributed by atoms with Gasteiger partial charge in [-0.25, -0.2) is 4.39 Å². The Morgan fingerprint density at radius 3 is 2.10 bits per heavy atom. The Labute approximate surface area is 121 Å². The first-order chi connectivity index (χ1) is 9.91. The van der Waals surface area contributed by atoms with Crippen molar-refractivity contribution >= 4 is 17.6 Å². The van der Waals surface area contributed by atoms with Crippen LogP contribution < -0.4 is 0 Å². The van der Waals surface area contributed by atoms with Crippen molar-refractivity contribution in [3.63, 3.8) is 0 Å². The summed E-state index contributed by atoms with van der Waals surface area (Å²) in [7, 11) is 0. The van der Waals surface area contributed by atoms with E-state index in [4.69, 9.17) is 9.47 Å². The first-order valence-electron chi connectivity index (χ1n) is 6.39. The average molecular weight is 297 g/mol. The second-order valence-electron chi connectivity index (χ2n) is 4.32. The predicted octanol–water partition coefficient (Wildman–Crippen LogP) is 2.61. The van der Waals surface area contributed by atoms with Crippen molar-refractivity contribution in [2.75, 3.05) is 13.2 Å². The molecule has 6 nitrogen and oxygen atoms in total. The van der Waals surface area contributed by atoms with Crippen LogP contribution in [0.3, 0.4) is 0 Å². The Kier molecular flexibility index (Phi) is 5.52. The van der Waals surface area contributed by atoms with Gasteiger partial charge in [-0.15, -0.1) is 4.91 Å². The van der Waals surface area contributed by atoms with E-state index >= 15 is 0 Å². The Bertz CT molecular complexity index is 540.